The molecule has 0 spiro atoms. The van der Waals surface area contributed by atoms with E-state index in [1.54, 1.807) is 0 Å². The van der Waals surface area contributed by atoms with Crippen molar-refractivity contribution in [3.05, 3.63) is 60.7 Å². The molecule has 1 saturated heterocycles. The van der Waals surface area contributed by atoms with E-state index in [1.807, 2.05) is 0 Å². The molecule has 0 amide bonds. The normalized spacial score (nSPS) is 27.7. The van der Waals surface area contributed by atoms with Gasteiger partial charge in [-0.15, -0.1) is 0 Å². The van der Waals surface area contributed by atoms with Crippen molar-refractivity contribution < 1.29 is 18.1 Å². The lowest BCUT2D eigenvalue weighted by atomic mass is 9.86. The van der Waals surface area contributed by atoms with Crippen LogP contribution < -0.4 is 10.4 Å². The maximum absolute atomic E-state index is 10.2. The van der Waals surface area contributed by atoms with Crippen LogP contribution >= 0.6 is 0 Å². The van der Waals surface area contributed by atoms with Crippen molar-refractivity contribution in [2.45, 2.75) is 114 Å². The first-order valence-electron chi connectivity index (χ1n) is 15.5. The Morgan fingerprint density at radius 2 is 1.23 bits per heavy atom. The fourth-order valence-electron chi connectivity index (χ4n) is 7.00. The molecule has 7 heteroatoms. The largest absolute Gasteiger partial charge is 0.430 e. The molecule has 1 N–H and O–H groups in total. The number of aliphatic hydroxyl groups excluding tert-OH is 1. The summed E-state index contributed by atoms with van der Waals surface area (Å²) in [5.41, 5.74) is 0. The third-order valence-electron chi connectivity index (χ3n) is 9.32. The predicted molar refractivity (Wildman–Crippen MR) is 168 cm³/mol. The standard InChI is InChI=1S/C32H50O4Si3/c1-37(2,22-20-26-12-11-13-28(33)24-26)35-39(29-14-7-5-8-15-29,30-16-9-6-10-17-30)36-38(3,4)23-21-27-18-19-31-32(25-27)34-31/h5-10,14-17,26-28,31-33H,11-13,18-25H2,1-4H3. The molecule has 3 aliphatic rings. The van der Waals surface area contributed by atoms with Crippen molar-refractivity contribution in [1.82, 2.24) is 0 Å². The van der Waals surface area contributed by atoms with Gasteiger partial charge in [0.2, 0.25) is 0 Å². The summed E-state index contributed by atoms with van der Waals surface area (Å²) in [7, 11) is -7.15. The van der Waals surface area contributed by atoms with Crippen molar-refractivity contribution in [2.24, 2.45) is 11.8 Å². The average Bonchev–Trinajstić information content (AvgIpc) is 3.70. The second-order valence-electron chi connectivity index (χ2n) is 13.7. The highest BCUT2D eigenvalue weighted by atomic mass is 28.5. The fraction of sp³-hybridized carbons (Fsp3) is 0.625. The van der Waals surface area contributed by atoms with Crippen LogP contribution in [0.25, 0.3) is 0 Å². The van der Waals surface area contributed by atoms with Crippen molar-refractivity contribution in [3.8, 4) is 0 Å². The SMILES string of the molecule is C[Si](C)(CCC1CCCC(O)C1)O[Si](O[Si](C)(C)CCC1CCC2OC2C1)(c1ccccc1)c1ccccc1. The maximum atomic E-state index is 10.2. The Balaban J connectivity index is 1.39. The summed E-state index contributed by atoms with van der Waals surface area (Å²) in [4.78, 5) is 0. The first-order chi connectivity index (χ1) is 18.6. The topological polar surface area (TPSA) is 51.2 Å². The van der Waals surface area contributed by atoms with Crippen LogP contribution in [0.4, 0.5) is 0 Å². The van der Waals surface area contributed by atoms with Crippen LogP contribution in [0.2, 0.25) is 38.3 Å². The fourth-order valence-corrected chi connectivity index (χ4v) is 20.3. The molecule has 39 heavy (non-hydrogen) atoms. The minimum atomic E-state index is -2.96. The van der Waals surface area contributed by atoms with Crippen molar-refractivity contribution in [1.29, 1.82) is 0 Å². The third kappa shape index (κ3) is 7.82. The second kappa shape index (κ2) is 12.4. The Morgan fingerprint density at radius 3 is 1.74 bits per heavy atom. The lowest BCUT2D eigenvalue weighted by molar-refractivity contribution is 0.0995. The number of hydrogen-bond donors (Lipinski definition) is 1. The van der Waals surface area contributed by atoms with Crippen LogP contribution in [0, 0.1) is 11.8 Å². The molecule has 0 bridgehead atoms. The highest BCUT2D eigenvalue weighted by molar-refractivity contribution is 7.02. The molecule has 2 aromatic rings. The summed E-state index contributed by atoms with van der Waals surface area (Å²) in [6, 6.07) is 24.0. The van der Waals surface area contributed by atoms with Crippen LogP contribution in [-0.2, 0) is 13.0 Å². The Kier molecular flexibility index (Phi) is 9.38. The van der Waals surface area contributed by atoms with E-state index in [0.717, 1.165) is 43.7 Å². The highest BCUT2D eigenvalue weighted by Gasteiger charge is 2.51. The van der Waals surface area contributed by atoms with Gasteiger partial charge in [-0.1, -0.05) is 86.3 Å². The molecule has 1 aliphatic heterocycles. The molecule has 5 rings (SSSR count). The van der Waals surface area contributed by atoms with Gasteiger partial charge in [-0.25, -0.2) is 0 Å². The number of aliphatic hydroxyl groups is 1. The van der Waals surface area contributed by atoms with Crippen molar-refractivity contribution in [2.75, 3.05) is 0 Å². The molecule has 3 fully saturated rings. The smallest absolute Gasteiger partial charge is 0.386 e. The molecule has 5 unspecified atom stereocenters. The van der Waals surface area contributed by atoms with Gasteiger partial charge in [0.15, 0.2) is 16.6 Å². The van der Waals surface area contributed by atoms with Crippen molar-refractivity contribution in [3.63, 3.8) is 0 Å². The van der Waals surface area contributed by atoms with E-state index in [4.69, 9.17) is 13.0 Å². The van der Waals surface area contributed by atoms with E-state index in [0.29, 0.717) is 18.1 Å². The molecule has 1 heterocycles. The van der Waals surface area contributed by atoms with Gasteiger partial charge in [-0.3, -0.25) is 0 Å². The van der Waals surface area contributed by atoms with Crippen LogP contribution in [0.5, 0.6) is 0 Å². The molecular weight excluding hydrogens is 533 g/mol. The zero-order valence-electron chi connectivity index (χ0n) is 24.6. The Morgan fingerprint density at radius 1 is 0.692 bits per heavy atom. The molecule has 214 valence electrons. The molecule has 2 aromatic carbocycles. The Bertz CT molecular complexity index is 982. The first kappa shape index (κ1) is 29.4. The Labute approximate surface area is 240 Å². The third-order valence-corrected chi connectivity index (χ3v) is 21.2. The number of rotatable bonds is 12. The average molecular weight is 583 g/mol. The predicted octanol–water partition coefficient (Wildman–Crippen LogP) is 6.59. The van der Waals surface area contributed by atoms with E-state index in [1.165, 1.54) is 42.5 Å². The van der Waals surface area contributed by atoms with Gasteiger partial charge in [0.1, 0.15) is 0 Å². The van der Waals surface area contributed by atoms with Crippen LogP contribution in [0.15, 0.2) is 60.7 Å². The molecule has 2 saturated carbocycles. The summed E-state index contributed by atoms with van der Waals surface area (Å²) < 4.78 is 21.0. The van der Waals surface area contributed by atoms with Gasteiger partial charge in [0.05, 0.1) is 18.3 Å². The summed E-state index contributed by atoms with van der Waals surface area (Å²) in [5, 5.41) is 12.7. The van der Waals surface area contributed by atoms with E-state index in [2.05, 4.69) is 86.9 Å². The van der Waals surface area contributed by atoms with E-state index < -0.39 is 25.2 Å². The van der Waals surface area contributed by atoms with Gasteiger partial charge >= 0.3 is 8.56 Å². The monoisotopic (exact) mass is 582 g/mol. The number of fused-ring (bicyclic) bond motifs is 1. The quantitative estimate of drug-likeness (QED) is 0.227. The van der Waals surface area contributed by atoms with Gasteiger partial charge in [-0.05, 0) is 92.6 Å². The van der Waals surface area contributed by atoms with Gasteiger partial charge in [0.25, 0.3) is 0 Å². The molecule has 4 nitrogen and oxygen atoms in total. The van der Waals surface area contributed by atoms with Crippen molar-refractivity contribution >= 4 is 35.6 Å². The van der Waals surface area contributed by atoms with E-state index >= 15 is 0 Å². The van der Waals surface area contributed by atoms with Gasteiger partial charge in [-0.2, -0.15) is 0 Å². The molecule has 0 radical (unpaired) electrons. The molecule has 2 aliphatic carbocycles. The first-order valence-corrected chi connectivity index (χ1v) is 23.5. The zero-order valence-corrected chi connectivity index (χ0v) is 27.6. The molecule has 0 aromatic heterocycles. The highest BCUT2D eigenvalue weighted by Crippen LogP contribution is 2.42. The summed E-state index contributed by atoms with van der Waals surface area (Å²) in [6.07, 6.45) is 11.5. The van der Waals surface area contributed by atoms with E-state index in [9.17, 15) is 5.11 Å². The van der Waals surface area contributed by atoms with E-state index in [-0.39, 0.29) is 6.10 Å². The maximum Gasteiger partial charge on any atom is 0.386 e. The van der Waals surface area contributed by atoms with Crippen LogP contribution in [-0.4, -0.2) is 48.6 Å². The van der Waals surface area contributed by atoms with Crippen LogP contribution in [0.1, 0.15) is 57.8 Å². The summed E-state index contributed by atoms with van der Waals surface area (Å²) in [5.74, 6) is 1.39. The number of ether oxygens (including phenoxy) is 1. The minimum absolute atomic E-state index is 0.117. The van der Waals surface area contributed by atoms with Gasteiger partial charge in [0, 0.05) is 0 Å². The second-order valence-corrected chi connectivity index (χ2v) is 25.8. The minimum Gasteiger partial charge on any atom is -0.430 e. The summed E-state index contributed by atoms with van der Waals surface area (Å²) >= 11 is 0. The lowest BCUT2D eigenvalue weighted by Crippen LogP contribution is -2.70. The Hall–Kier alpha value is -1.07. The number of hydrogen-bond acceptors (Lipinski definition) is 4. The van der Waals surface area contributed by atoms with Gasteiger partial charge < -0.3 is 18.1 Å². The summed E-state index contributed by atoms with van der Waals surface area (Å²) in [6.45, 7) is 9.63. The molecular formula is C32H50O4Si3. The molecule has 5 atom stereocenters. The number of benzene rings is 2. The number of epoxide rings is 1. The zero-order chi connectivity index (χ0) is 27.5. The lowest BCUT2D eigenvalue weighted by Gasteiger charge is -2.44. The van der Waals surface area contributed by atoms with Crippen LogP contribution in [0.3, 0.4) is 0 Å².